The van der Waals surface area contributed by atoms with Gasteiger partial charge in [-0.1, -0.05) is 22.0 Å². The van der Waals surface area contributed by atoms with Crippen molar-refractivity contribution in [2.45, 2.75) is 5.92 Å². The minimum Gasteiger partial charge on any atom is -0.323 e. The molecule has 20 heavy (non-hydrogen) atoms. The predicted molar refractivity (Wildman–Crippen MR) is 81.7 cm³/mol. The first-order valence-electron chi connectivity index (χ1n) is 6.44. The van der Waals surface area contributed by atoms with Crippen LogP contribution in [-0.2, 0) is 0 Å². The van der Waals surface area contributed by atoms with Gasteiger partial charge in [0.1, 0.15) is 0 Å². The number of carbonyl (C=O) groups is 1. The molecule has 0 radical (unpaired) electrons. The number of hydrogen-bond donors (Lipinski definition) is 1. The second kappa shape index (κ2) is 5.63. The summed E-state index contributed by atoms with van der Waals surface area (Å²) in [7, 11) is 0. The molecule has 2 amide bonds. The van der Waals surface area contributed by atoms with Crippen LogP contribution >= 0.6 is 15.9 Å². The summed E-state index contributed by atoms with van der Waals surface area (Å²) >= 11 is 3.37. The molecule has 2 aromatic rings. The quantitative estimate of drug-likeness (QED) is 0.915. The molecular formula is C15H14BrN3O. The molecular weight excluding hydrogens is 318 g/mol. The van der Waals surface area contributed by atoms with Gasteiger partial charge in [-0.05, 0) is 35.9 Å². The lowest BCUT2D eigenvalue weighted by molar-refractivity contribution is 0.164. The lowest BCUT2D eigenvalue weighted by Gasteiger charge is -2.39. The van der Waals surface area contributed by atoms with Crippen molar-refractivity contribution in [3.8, 4) is 0 Å². The summed E-state index contributed by atoms with van der Waals surface area (Å²) in [5.74, 6) is 0.402. The lowest BCUT2D eigenvalue weighted by atomic mass is 9.93. The van der Waals surface area contributed by atoms with Gasteiger partial charge in [0, 0.05) is 41.6 Å². The Hall–Kier alpha value is -1.88. The Morgan fingerprint density at radius 2 is 2.00 bits per heavy atom. The fourth-order valence-electron chi connectivity index (χ4n) is 2.21. The van der Waals surface area contributed by atoms with Gasteiger partial charge < -0.3 is 10.2 Å². The molecule has 0 unspecified atom stereocenters. The van der Waals surface area contributed by atoms with E-state index in [0.717, 1.165) is 23.2 Å². The Labute approximate surface area is 126 Å². The molecule has 3 rings (SSSR count). The Bertz CT molecular complexity index is 594. The second-order valence-corrected chi connectivity index (χ2v) is 5.74. The first-order chi connectivity index (χ1) is 9.72. The van der Waals surface area contributed by atoms with Crippen LogP contribution in [-0.4, -0.2) is 29.0 Å². The van der Waals surface area contributed by atoms with Gasteiger partial charge in [-0.3, -0.25) is 4.98 Å². The second-order valence-electron chi connectivity index (χ2n) is 4.83. The number of halogens is 1. The number of nitrogens with one attached hydrogen (secondary N) is 1. The van der Waals surface area contributed by atoms with E-state index >= 15 is 0 Å². The van der Waals surface area contributed by atoms with Gasteiger partial charge in [0.05, 0.1) is 0 Å². The molecule has 1 aromatic carbocycles. The monoisotopic (exact) mass is 331 g/mol. The number of amides is 2. The molecule has 1 fully saturated rings. The molecule has 1 aliphatic rings. The SMILES string of the molecule is O=C(Nc1ccc(Br)cc1)N1CC(c2cccnc2)C1. The summed E-state index contributed by atoms with van der Waals surface area (Å²) in [4.78, 5) is 18.0. The molecule has 4 nitrogen and oxygen atoms in total. The van der Waals surface area contributed by atoms with E-state index in [4.69, 9.17) is 0 Å². The summed E-state index contributed by atoms with van der Waals surface area (Å²) in [6.45, 7) is 1.49. The number of hydrogen-bond acceptors (Lipinski definition) is 2. The van der Waals surface area contributed by atoms with Gasteiger partial charge in [0.25, 0.3) is 0 Å². The summed E-state index contributed by atoms with van der Waals surface area (Å²) in [6, 6.07) is 11.5. The standard InChI is InChI=1S/C15H14BrN3O/c16-13-3-5-14(6-4-13)18-15(20)19-9-12(10-19)11-2-1-7-17-8-11/h1-8,12H,9-10H2,(H,18,20). The predicted octanol–water partition coefficient (Wildman–Crippen LogP) is 3.48. The van der Waals surface area contributed by atoms with Crippen molar-refractivity contribution in [1.82, 2.24) is 9.88 Å². The van der Waals surface area contributed by atoms with E-state index in [2.05, 4.69) is 32.3 Å². The molecule has 0 saturated carbocycles. The number of rotatable bonds is 2. The number of benzene rings is 1. The maximum absolute atomic E-state index is 12.0. The third-order valence-corrected chi connectivity index (χ3v) is 3.95. The van der Waals surface area contributed by atoms with E-state index in [1.54, 1.807) is 11.1 Å². The number of anilines is 1. The molecule has 1 aromatic heterocycles. The maximum atomic E-state index is 12.0. The highest BCUT2D eigenvalue weighted by atomic mass is 79.9. The van der Waals surface area contributed by atoms with Crippen molar-refractivity contribution < 1.29 is 4.79 Å². The normalized spacial score (nSPS) is 14.8. The number of carbonyl (C=O) groups excluding carboxylic acids is 1. The van der Waals surface area contributed by atoms with Crippen molar-refractivity contribution >= 4 is 27.6 Å². The first-order valence-corrected chi connectivity index (χ1v) is 7.23. The Morgan fingerprint density at radius 3 is 2.65 bits per heavy atom. The van der Waals surface area contributed by atoms with Crippen LogP contribution in [0.25, 0.3) is 0 Å². The fourth-order valence-corrected chi connectivity index (χ4v) is 2.47. The Kier molecular flexibility index (Phi) is 3.69. The highest BCUT2D eigenvalue weighted by Crippen LogP contribution is 2.26. The van der Waals surface area contributed by atoms with Crippen LogP contribution in [0.5, 0.6) is 0 Å². The Morgan fingerprint density at radius 1 is 1.25 bits per heavy atom. The minimum absolute atomic E-state index is 0.0486. The van der Waals surface area contributed by atoms with Crippen LogP contribution in [0.4, 0.5) is 10.5 Å². The third-order valence-electron chi connectivity index (χ3n) is 3.42. The van der Waals surface area contributed by atoms with E-state index in [0.29, 0.717) is 5.92 Å². The van der Waals surface area contributed by atoms with Gasteiger partial charge in [0.15, 0.2) is 0 Å². The zero-order valence-electron chi connectivity index (χ0n) is 10.8. The topological polar surface area (TPSA) is 45.2 Å². The number of urea groups is 1. The van der Waals surface area contributed by atoms with Gasteiger partial charge in [-0.15, -0.1) is 0 Å². The van der Waals surface area contributed by atoms with Crippen LogP contribution in [0, 0.1) is 0 Å². The number of nitrogens with zero attached hydrogens (tertiary/aromatic N) is 2. The highest BCUT2D eigenvalue weighted by molar-refractivity contribution is 9.10. The molecule has 2 heterocycles. The zero-order valence-corrected chi connectivity index (χ0v) is 12.4. The van der Waals surface area contributed by atoms with Crippen molar-refractivity contribution in [2.75, 3.05) is 18.4 Å². The van der Waals surface area contributed by atoms with Crippen LogP contribution in [0.1, 0.15) is 11.5 Å². The van der Waals surface area contributed by atoms with Crippen LogP contribution in [0.15, 0.2) is 53.3 Å². The molecule has 1 N–H and O–H groups in total. The van der Waals surface area contributed by atoms with E-state index in [9.17, 15) is 4.79 Å². The maximum Gasteiger partial charge on any atom is 0.321 e. The van der Waals surface area contributed by atoms with Crippen molar-refractivity contribution in [2.24, 2.45) is 0 Å². The zero-order chi connectivity index (χ0) is 13.9. The molecule has 1 saturated heterocycles. The molecule has 1 aliphatic heterocycles. The van der Waals surface area contributed by atoms with Crippen LogP contribution in [0.2, 0.25) is 0 Å². The molecule has 0 bridgehead atoms. The van der Waals surface area contributed by atoms with Gasteiger partial charge >= 0.3 is 6.03 Å². The molecule has 5 heteroatoms. The highest BCUT2D eigenvalue weighted by Gasteiger charge is 2.31. The molecule has 0 spiro atoms. The van der Waals surface area contributed by atoms with Gasteiger partial charge in [-0.25, -0.2) is 4.79 Å². The summed E-state index contributed by atoms with van der Waals surface area (Å²) in [5, 5.41) is 2.89. The number of pyridine rings is 1. The van der Waals surface area contributed by atoms with E-state index < -0.39 is 0 Å². The first kappa shape index (κ1) is 13.1. The Balaban J connectivity index is 1.55. The smallest absolute Gasteiger partial charge is 0.321 e. The molecule has 0 aliphatic carbocycles. The molecule has 0 atom stereocenters. The fraction of sp³-hybridized carbons (Fsp3) is 0.200. The summed E-state index contributed by atoms with van der Waals surface area (Å²) < 4.78 is 0.996. The minimum atomic E-state index is -0.0486. The van der Waals surface area contributed by atoms with Gasteiger partial charge in [-0.2, -0.15) is 0 Å². The number of likely N-dealkylation sites (tertiary alicyclic amines) is 1. The van der Waals surface area contributed by atoms with E-state index in [1.165, 1.54) is 5.56 Å². The molecule has 102 valence electrons. The van der Waals surface area contributed by atoms with Gasteiger partial charge in [0.2, 0.25) is 0 Å². The largest absolute Gasteiger partial charge is 0.323 e. The summed E-state index contributed by atoms with van der Waals surface area (Å²) in [6.07, 6.45) is 3.63. The van der Waals surface area contributed by atoms with Crippen LogP contribution in [0.3, 0.4) is 0 Å². The van der Waals surface area contributed by atoms with Crippen molar-refractivity contribution in [1.29, 1.82) is 0 Å². The van der Waals surface area contributed by atoms with Crippen molar-refractivity contribution in [3.63, 3.8) is 0 Å². The van der Waals surface area contributed by atoms with E-state index in [1.807, 2.05) is 36.5 Å². The van der Waals surface area contributed by atoms with Crippen LogP contribution < -0.4 is 5.32 Å². The van der Waals surface area contributed by atoms with Crippen molar-refractivity contribution in [3.05, 3.63) is 58.8 Å². The lowest BCUT2D eigenvalue weighted by Crippen LogP contribution is -2.50. The third kappa shape index (κ3) is 2.82. The number of aromatic nitrogens is 1. The summed E-state index contributed by atoms with van der Waals surface area (Å²) in [5.41, 5.74) is 2.00. The average Bonchev–Trinajstić information content (AvgIpc) is 2.41. The van der Waals surface area contributed by atoms with E-state index in [-0.39, 0.29) is 6.03 Å². The average molecular weight is 332 g/mol.